The Morgan fingerprint density at radius 1 is 1.23 bits per heavy atom. The second kappa shape index (κ2) is 10.2. The van der Waals surface area contributed by atoms with Gasteiger partial charge >= 0.3 is 6.09 Å². The van der Waals surface area contributed by atoms with Crippen LogP contribution in [-0.2, 0) is 11.3 Å². The fourth-order valence-electron chi connectivity index (χ4n) is 4.12. The van der Waals surface area contributed by atoms with Crippen LogP contribution in [0.1, 0.15) is 62.6 Å². The minimum atomic E-state index is -0.312. The maximum Gasteiger partial charge on any atom is 0.409 e. The zero-order valence-electron chi connectivity index (χ0n) is 18.2. The lowest BCUT2D eigenvalue weighted by atomic mass is 9.85. The molecule has 0 saturated heterocycles. The Bertz CT molecular complexity index is 909. The number of thiophene rings is 1. The Hall–Kier alpha value is -1.86. The zero-order chi connectivity index (χ0) is 21.8. The van der Waals surface area contributed by atoms with Crippen molar-refractivity contribution in [3.63, 3.8) is 0 Å². The first-order chi connectivity index (χ1) is 15.0. The molecule has 0 spiro atoms. The fourth-order valence-corrected chi connectivity index (χ4v) is 5.32. The Labute approximate surface area is 192 Å². The first-order valence-corrected chi connectivity index (χ1v) is 12.4. The van der Waals surface area contributed by atoms with Crippen LogP contribution in [0.5, 0.6) is 5.75 Å². The Balaban J connectivity index is 1.41. The standard InChI is InChI=1S/C23H30ClN3O3S/c1-15-19(30-18-9-4-3-5-10-18)12-25-22(26-15)21-17(11-20(24)31-21)14-29-23(28)27(2)13-16-7-6-8-16/h11-12,16,18H,3-10,13-14H2,1-2H3. The molecular weight excluding hydrogens is 434 g/mol. The molecule has 2 aliphatic carbocycles. The van der Waals surface area contributed by atoms with Crippen molar-refractivity contribution in [3.8, 4) is 16.5 Å². The van der Waals surface area contributed by atoms with Gasteiger partial charge in [-0.1, -0.05) is 24.4 Å². The van der Waals surface area contributed by atoms with Crippen molar-refractivity contribution >= 4 is 29.0 Å². The Kier molecular flexibility index (Phi) is 7.33. The van der Waals surface area contributed by atoms with E-state index in [2.05, 4.69) is 9.97 Å². The number of amides is 1. The third-order valence-electron chi connectivity index (χ3n) is 6.18. The molecule has 1 amide bonds. The molecule has 0 bridgehead atoms. The molecule has 0 atom stereocenters. The average molecular weight is 464 g/mol. The number of hydrogen-bond donors (Lipinski definition) is 0. The van der Waals surface area contributed by atoms with Crippen molar-refractivity contribution in [2.45, 2.75) is 71.0 Å². The highest BCUT2D eigenvalue weighted by atomic mass is 35.5. The molecule has 2 aromatic rings. The Morgan fingerprint density at radius 2 is 2.00 bits per heavy atom. The number of aromatic nitrogens is 2. The molecule has 2 aromatic heterocycles. The lowest BCUT2D eigenvalue weighted by Crippen LogP contribution is -2.34. The van der Waals surface area contributed by atoms with E-state index >= 15 is 0 Å². The van der Waals surface area contributed by atoms with Crippen LogP contribution in [0.15, 0.2) is 12.3 Å². The van der Waals surface area contributed by atoms with Crippen LogP contribution in [-0.4, -0.2) is 40.7 Å². The van der Waals surface area contributed by atoms with E-state index in [1.54, 1.807) is 18.1 Å². The molecule has 0 aliphatic heterocycles. The predicted molar refractivity (Wildman–Crippen MR) is 123 cm³/mol. The molecule has 31 heavy (non-hydrogen) atoms. The number of nitrogens with zero attached hydrogens (tertiary/aromatic N) is 3. The van der Waals surface area contributed by atoms with Crippen molar-refractivity contribution in [1.29, 1.82) is 0 Å². The van der Waals surface area contributed by atoms with Gasteiger partial charge in [-0.3, -0.25) is 0 Å². The molecule has 4 rings (SSSR count). The van der Waals surface area contributed by atoms with Crippen molar-refractivity contribution in [2.24, 2.45) is 5.92 Å². The van der Waals surface area contributed by atoms with Gasteiger partial charge in [-0.25, -0.2) is 14.8 Å². The number of rotatable bonds is 7. The van der Waals surface area contributed by atoms with Crippen molar-refractivity contribution in [3.05, 3.63) is 27.9 Å². The van der Waals surface area contributed by atoms with Gasteiger partial charge in [-0.2, -0.15) is 0 Å². The third-order valence-corrected chi connectivity index (χ3v) is 7.48. The first kappa shape index (κ1) is 22.3. The molecule has 168 valence electrons. The summed E-state index contributed by atoms with van der Waals surface area (Å²) in [6, 6.07) is 1.83. The van der Waals surface area contributed by atoms with E-state index in [9.17, 15) is 4.79 Å². The maximum atomic E-state index is 12.4. The minimum absolute atomic E-state index is 0.148. The number of aryl methyl sites for hydroxylation is 1. The Morgan fingerprint density at radius 3 is 2.68 bits per heavy atom. The summed E-state index contributed by atoms with van der Waals surface area (Å²) in [5.41, 5.74) is 1.63. The molecule has 6 nitrogen and oxygen atoms in total. The highest BCUT2D eigenvalue weighted by Gasteiger charge is 2.23. The summed E-state index contributed by atoms with van der Waals surface area (Å²) in [4.78, 5) is 24.1. The van der Waals surface area contributed by atoms with E-state index in [-0.39, 0.29) is 18.8 Å². The third kappa shape index (κ3) is 5.69. The van der Waals surface area contributed by atoms with Gasteiger partial charge in [0.05, 0.1) is 27.2 Å². The van der Waals surface area contributed by atoms with Crippen LogP contribution >= 0.6 is 22.9 Å². The zero-order valence-corrected chi connectivity index (χ0v) is 19.8. The molecule has 2 aliphatic rings. The SMILES string of the molecule is Cc1nc(-c2sc(Cl)cc2COC(=O)N(C)CC2CCC2)ncc1OC1CCCCC1. The summed E-state index contributed by atoms with van der Waals surface area (Å²) in [7, 11) is 1.79. The lowest BCUT2D eigenvalue weighted by Gasteiger charge is -2.29. The van der Waals surface area contributed by atoms with E-state index in [4.69, 9.17) is 21.1 Å². The maximum absolute atomic E-state index is 12.4. The highest BCUT2D eigenvalue weighted by Crippen LogP contribution is 2.35. The van der Waals surface area contributed by atoms with Crippen LogP contribution in [0.4, 0.5) is 4.79 Å². The van der Waals surface area contributed by atoms with E-state index in [1.165, 1.54) is 49.9 Å². The summed E-state index contributed by atoms with van der Waals surface area (Å²) in [5, 5.41) is 0. The van der Waals surface area contributed by atoms with Gasteiger partial charge in [0.2, 0.25) is 0 Å². The molecule has 2 heterocycles. The highest BCUT2D eigenvalue weighted by molar-refractivity contribution is 7.19. The molecule has 2 saturated carbocycles. The minimum Gasteiger partial charge on any atom is -0.487 e. The average Bonchev–Trinajstić information content (AvgIpc) is 3.11. The molecule has 0 unspecified atom stereocenters. The van der Waals surface area contributed by atoms with Gasteiger partial charge in [0.1, 0.15) is 6.61 Å². The normalized spacial score (nSPS) is 17.3. The number of carbonyl (C=O) groups excluding carboxylic acids is 1. The summed E-state index contributed by atoms with van der Waals surface area (Å²) in [6.07, 6.45) is 11.2. The topological polar surface area (TPSA) is 64.5 Å². The molecule has 0 N–H and O–H groups in total. The van der Waals surface area contributed by atoms with E-state index in [0.29, 0.717) is 16.1 Å². The monoisotopic (exact) mass is 463 g/mol. The van der Waals surface area contributed by atoms with Gasteiger partial charge < -0.3 is 14.4 Å². The second-order valence-corrected chi connectivity index (χ2v) is 10.3. The molecule has 0 aromatic carbocycles. The number of hydrogen-bond acceptors (Lipinski definition) is 6. The first-order valence-electron chi connectivity index (χ1n) is 11.2. The quantitative estimate of drug-likeness (QED) is 0.485. The predicted octanol–water partition coefficient (Wildman–Crippen LogP) is 6.25. The molecule has 0 radical (unpaired) electrons. The van der Waals surface area contributed by atoms with Gasteiger partial charge in [-0.05, 0) is 57.4 Å². The van der Waals surface area contributed by atoms with Crippen molar-refractivity contribution in [2.75, 3.05) is 13.6 Å². The van der Waals surface area contributed by atoms with E-state index in [1.807, 2.05) is 13.0 Å². The summed E-state index contributed by atoms with van der Waals surface area (Å²) in [6.45, 7) is 2.84. The van der Waals surface area contributed by atoms with Gasteiger partial charge in [-0.15, -0.1) is 11.3 Å². The van der Waals surface area contributed by atoms with Crippen LogP contribution in [0.25, 0.3) is 10.7 Å². The fraction of sp³-hybridized carbons (Fsp3) is 0.609. The van der Waals surface area contributed by atoms with Gasteiger partial charge in [0.25, 0.3) is 0 Å². The van der Waals surface area contributed by atoms with Crippen LogP contribution in [0.3, 0.4) is 0 Å². The van der Waals surface area contributed by atoms with E-state index in [0.717, 1.165) is 41.3 Å². The van der Waals surface area contributed by atoms with Crippen LogP contribution in [0.2, 0.25) is 4.34 Å². The number of ether oxygens (including phenoxy) is 2. The lowest BCUT2D eigenvalue weighted by molar-refractivity contribution is 0.0933. The number of halogens is 1. The van der Waals surface area contributed by atoms with Crippen molar-refractivity contribution < 1.29 is 14.3 Å². The van der Waals surface area contributed by atoms with Gasteiger partial charge in [0.15, 0.2) is 11.6 Å². The van der Waals surface area contributed by atoms with Gasteiger partial charge in [0, 0.05) is 19.2 Å². The largest absolute Gasteiger partial charge is 0.487 e. The van der Waals surface area contributed by atoms with Crippen LogP contribution in [0, 0.1) is 12.8 Å². The summed E-state index contributed by atoms with van der Waals surface area (Å²) < 4.78 is 12.3. The molecule has 8 heteroatoms. The second-order valence-electron chi connectivity index (χ2n) is 8.66. The smallest absolute Gasteiger partial charge is 0.409 e. The van der Waals surface area contributed by atoms with Crippen LogP contribution < -0.4 is 4.74 Å². The molecular formula is C23H30ClN3O3S. The summed E-state index contributed by atoms with van der Waals surface area (Å²) >= 11 is 7.67. The molecule has 2 fully saturated rings. The van der Waals surface area contributed by atoms with E-state index < -0.39 is 0 Å². The summed E-state index contributed by atoms with van der Waals surface area (Å²) in [5.74, 6) is 1.93. The number of carbonyl (C=O) groups is 1. The van der Waals surface area contributed by atoms with Crippen molar-refractivity contribution in [1.82, 2.24) is 14.9 Å².